The molecule has 0 aliphatic heterocycles. The molecule has 0 amide bonds. The van der Waals surface area contributed by atoms with E-state index in [9.17, 15) is 9.90 Å². The Morgan fingerprint density at radius 2 is 1.96 bits per heavy atom. The van der Waals surface area contributed by atoms with E-state index in [4.69, 9.17) is 0 Å². The van der Waals surface area contributed by atoms with Crippen molar-refractivity contribution in [1.29, 1.82) is 0 Å². The van der Waals surface area contributed by atoms with Crippen LogP contribution in [0.15, 0.2) is 35.1 Å². The molecule has 1 spiro atoms. The van der Waals surface area contributed by atoms with Gasteiger partial charge >= 0.3 is 0 Å². The molecule has 0 aromatic heterocycles. The zero-order valence-corrected chi connectivity index (χ0v) is 15.6. The van der Waals surface area contributed by atoms with Gasteiger partial charge in [-0.1, -0.05) is 31.6 Å². The molecule has 1 N–H and O–H groups in total. The van der Waals surface area contributed by atoms with Crippen molar-refractivity contribution in [1.82, 2.24) is 0 Å². The van der Waals surface area contributed by atoms with E-state index in [0.717, 1.165) is 50.9 Å². The van der Waals surface area contributed by atoms with Gasteiger partial charge in [0, 0.05) is 24.7 Å². The Balaban J connectivity index is 1.56. The quantitative estimate of drug-likeness (QED) is 0.579. The van der Waals surface area contributed by atoms with Gasteiger partial charge in [-0.05, 0) is 72.8 Å². The van der Waals surface area contributed by atoms with Crippen LogP contribution in [0.4, 0.5) is 0 Å². The Morgan fingerprint density at radius 1 is 1.12 bits per heavy atom. The second-order valence-corrected chi connectivity index (χ2v) is 9.89. The number of fused-ring (bicyclic) bond motifs is 6. The van der Waals surface area contributed by atoms with Crippen molar-refractivity contribution in [2.45, 2.75) is 71.6 Å². The number of rotatable bonds is 0. The van der Waals surface area contributed by atoms with Crippen LogP contribution in [0.2, 0.25) is 0 Å². The number of hydrogen-bond acceptors (Lipinski definition) is 2. The summed E-state index contributed by atoms with van der Waals surface area (Å²) < 4.78 is 0. The lowest BCUT2D eigenvalue weighted by atomic mass is 9.50. The molecule has 25 heavy (non-hydrogen) atoms. The van der Waals surface area contributed by atoms with E-state index in [1.807, 2.05) is 6.08 Å². The maximum absolute atomic E-state index is 12.1. The van der Waals surface area contributed by atoms with Crippen LogP contribution in [0, 0.1) is 28.1 Å². The van der Waals surface area contributed by atoms with Gasteiger partial charge in [-0.25, -0.2) is 0 Å². The van der Waals surface area contributed by atoms with Gasteiger partial charge < -0.3 is 5.11 Å². The van der Waals surface area contributed by atoms with E-state index in [1.165, 1.54) is 18.4 Å². The molecule has 5 atom stereocenters. The molecular formula is C23H30O2. The van der Waals surface area contributed by atoms with Crippen LogP contribution < -0.4 is 0 Å². The highest BCUT2D eigenvalue weighted by Gasteiger charge is 2.62. The highest BCUT2D eigenvalue weighted by Crippen LogP contribution is 2.70. The summed E-state index contributed by atoms with van der Waals surface area (Å²) in [5, 5.41) is 9.98. The largest absolute Gasteiger partial charge is 0.512 e. The third-order valence-corrected chi connectivity index (χ3v) is 9.08. The molecule has 2 saturated carbocycles. The smallest absolute Gasteiger partial charge is 0.133 e. The molecule has 4 unspecified atom stereocenters. The first-order chi connectivity index (χ1) is 11.9. The number of hydrogen-bond donors (Lipinski definition) is 1. The maximum atomic E-state index is 12.1. The van der Waals surface area contributed by atoms with E-state index in [1.54, 1.807) is 5.57 Å². The van der Waals surface area contributed by atoms with E-state index >= 15 is 0 Å². The number of Topliss-reactive ketones (excluding diaryl/α,β-unsaturated/α-hetero) is 1. The summed E-state index contributed by atoms with van der Waals surface area (Å²) in [5.41, 5.74) is 3.70. The van der Waals surface area contributed by atoms with E-state index in [0.29, 0.717) is 22.9 Å². The highest BCUT2D eigenvalue weighted by molar-refractivity contribution is 5.81. The molecular weight excluding hydrogens is 308 g/mol. The summed E-state index contributed by atoms with van der Waals surface area (Å²) in [6.45, 7) is 4.90. The van der Waals surface area contributed by atoms with E-state index in [2.05, 4.69) is 26.0 Å². The average molecular weight is 338 g/mol. The van der Waals surface area contributed by atoms with Gasteiger partial charge in [0.1, 0.15) is 5.78 Å². The van der Waals surface area contributed by atoms with Crippen LogP contribution in [0.1, 0.15) is 71.6 Å². The molecule has 134 valence electrons. The minimum Gasteiger partial charge on any atom is -0.512 e. The van der Waals surface area contributed by atoms with Gasteiger partial charge in [-0.2, -0.15) is 0 Å². The number of carbonyl (C=O) groups excluding carboxylic acids is 1. The molecule has 2 heteroatoms. The fourth-order valence-electron chi connectivity index (χ4n) is 7.47. The average Bonchev–Trinajstić information content (AvgIpc) is 3.10. The number of ketones is 1. The molecule has 5 aliphatic carbocycles. The van der Waals surface area contributed by atoms with Gasteiger partial charge in [0.15, 0.2) is 0 Å². The van der Waals surface area contributed by atoms with Crippen molar-refractivity contribution in [2.75, 3.05) is 0 Å². The second-order valence-electron chi connectivity index (χ2n) is 9.89. The van der Waals surface area contributed by atoms with Crippen LogP contribution in [-0.4, -0.2) is 10.9 Å². The zero-order chi connectivity index (χ0) is 17.4. The summed E-state index contributed by atoms with van der Waals surface area (Å²) >= 11 is 0. The predicted molar refractivity (Wildman–Crippen MR) is 99.1 cm³/mol. The molecule has 0 radical (unpaired) electrons. The molecule has 5 rings (SSSR count). The zero-order valence-electron chi connectivity index (χ0n) is 15.6. The molecule has 5 aliphatic rings. The molecule has 0 heterocycles. The molecule has 0 bridgehead atoms. The fourth-order valence-corrected chi connectivity index (χ4v) is 7.47. The summed E-state index contributed by atoms with van der Waals surface area (Å²) in [5.74, 6) is 2.43. The standard InChI is InChI=1S/C23H30O2/c1-21-9-5-16(24)13-15(21)3-4-18-19(21)7-10-22(2)20(18)8-12-23(22)11-6-17(25)14-23/h3,7,13,18,20,24H,4-6,8-12,14H2,1-2H3/t18?,20?,21?,22?,23-/m1/s1. The number of carbonyl (C=O) groups is 1. The first-order valence-electron chi connectivity index (χ1n) is 10.2. The lowest BCUT2D eigenvalue weighted by molar-refractivity contribution is -0.118. The van der Waals surface area contributed by atoms with Gasteiger partial charge in [0.05, 0.1) is 5.76 Å². The van der Waals surface area contributed by atoms with Crippen molar-refractivity contribution in [2.24, 2.45) is 28.1 Å². The Hall–Kier alpha value is -1.31. The SMILES string of the molecule is CC12CCC(O)=CC1=CCC1C2=CCC2(C)C1CC[C@@]21CCC(=O)C1. The molecule has 2 nitrogen and oxygen atoms in total. The third kappa shape index (κ3) is 1.89. The van der Waals surface area contributed by atoms with Gasteiger partial charge in [-0.15, -0.1) is 0 Å². The van der Waals surface area contributed by atoms with Gasteiger partial charge in [0.2, 0.25) is 0 Å². The molecule has 0 saturated heterocycles. The molecule has 0 aromatic carbocycles. The van der Waals surface area contributed by atoms with Crippen LogP contribution >= 0.6 is 0 Å². The number of aliphatic hydroxyl groups is 1. The second kappa shape index (κ2) is 4.90. The van der Waals surface area contributed by atoms with Crippen LogP contribution in [-0.2, 0) is 4.79 Å². The van der Waals surface area contributed by atoms with Crippen molar-refractivity contribution in [3.8, 4) is 0 Å². The van der Waals surface area contributed by atoms with Crippen LogP contribution in [0.3, 0.4) is 0 Å². The summed E-state index contributed by atoms with van der Waals surface area (Å²) in [7, 11) is 0. The molecule has 0 aromatic rings. The summed E-state index contributed by atoms with van der Waals surface area (Å²) in [6, 6.07) is 0. The Labute approximate surface area is 151 Å². The lowest BCUT2D eigenvalue weighted by Crippen LogP contribution is -2.46. The molecule has 2 fully saturated rings. The fraction of sp³-hybridized carbons (Fsp3) is 0.696. The van der Waals surface area contributed by atoms with Crippen molar-refractivity contribution in [3.63, 3.8) is 0 Å². The van der Waals surface area contributed by atoms with Crippen LogP contribution in [0.5, 0.6) is 0 Å². The normalized spacial score (nSPS) is 48.4. The van der Waals surface area contributed by atoms with E-state index in [-0.39, 0.29) is 10.8 Å². The third-order valence-electron chi connectivity index (χ3n) is 9.08. The summed E-state index contributed by atoms with van der Waals surface area (Å²) in [4.78, 5) is 12.1. The van der Waals surface area contributed by atoms with Crippen molar-refractivity contribution < 1.29 is 9.90 Å². The van der Waals surface area contributed by atoms with Gasteiger partial charge in [0.25, 0.3) is 0 Å². The minimum absolute atomic E-state index is 0.123. The van der Waals surface area contributed by atoms with Crippen molar-refractivity contribution in [3.05, 3.63) is 35.1 Å². The highest BCUT2D eigenvalue weighted by atomic mass is 16.3. The minimum atomic E-state index is 0.123. The number of allylic oxidation sites excluding steroid dienone is 6. The summed E-state index contributed by atoms with van der Waals surface area (Å²) in [6.07, 6.45) is 16.4. The maximum Gasteiger partial charge on any atom is 0.133 e. The topological polar surface area (TPSA) is 37.3 Å². The predicted octanol–water partition coefficient (Wildman–Crippen LogP) is 5.66. The lowest BCUT2D eigenvalue weighted by Gasteiger charge is -2.54. The van der Waals surface area contributed by atoms with Crippen molar-refractivity contribution >= 4 is 5.78 Å². The first kappa shape index (κ1) is 15.9. The van der Waals surface area contributed by atoms with Crippen LogP contribution in [0.25, 0.3) is 0 Å². The Kier molecular flexibility index (Phi) is 3.12. The Morgan fingerprint density at radius 3 is 2.72 bits per heavy atom. The number of aliphatic hydroxyl groups excluding tert-OH is 1. The first-order valence-corrected chi connectivity index (χ1v) is 10.2. The monoisotopic (exact) mass is 338 g/mol. The Bertz CT molecular complexity index is 741. The van der Waals surface area contributed by atoms with E-state index < -0.39 is 0 Å². The van der Waals surface area contributed by atoms with Gasteiger partial charge in [-0.3, -0.25) is 4.79 Å².